The highest BCUT2D eigenvalue weighted by Crippen LogP contribution is 2.30. The van der Waals surface area contributed by atoms with Gasteiger partial charge in [0.15, 0.2) is 0 Å². The van der Waals surface area contributed by atoms with Crippen molar-refractivity contribution in [1.82, 2.24) is 5.32 Å². The molecule has 0 aromatic carbocycles. The van der Waals surface area contributed by atoms with Crippen LogP contribution in [0, 0.1) is 5.92 Å². The molecule has 1 N–H and O–H groups in total. The Bertz CT molecular complexity index is 125. The summed E-state index contributed by atoms with van der Waals surface area (Å²) in [5.74, 6) is 1.01. The molecule has 64 valence electrons. The van der Waals surface area contributed by atoms with Gasteiger partial charge in [0.05, 0.1) is 0 Å². The summed E-state index contributed by atoms with van der Waals surface area (Å²) in [5, 5.41) is 3.72. The molecule has 2 saturated carbocycles. The van der Waals surface area contributed by atoms with E-state index in [4.69, 9.17) is 0 Å². The maximum Gasteiger partial charge on any atom is 0.00696 e. The molecule has 1 unspecified atom stereocenters. The first kappa shape index (κ1) is 7.60. The van der Waals surface area contributed by atoms with Crippen LogP contribution in [0.3, 0.4) is 0 Å². The van der Waals surface area contributed by atoms with E-state index < -0.39 is 0 Å². The van der Waals surface area contributed by atoms with E-state index in [1.54, 1.807) is 0 Å². The Morgan fingerprint density at radius 3 is 2.09 bits per heavy atom. The quantitative estimate of drug-likeness (QED) is 0.656. The van der Waals surface area contributed by atoms with Gasteiger partial charge in [0, 0.05) is 12.1 Å². The third-order valence-corrected chi connectivity index (χ3v) is 3.46. The summed E-state index contributed by atoms with van der Waals surface area (Å²) in [7, 11) is 0. The van der Waals surface area contributed by atoms with Gasteiger partial charge in [-0.3, -0.25) is 0 Å². The minimum absolute atomic E-state index is 0.800. The summed E-state index contributed by atoms with van der Waals surface area (Å²) in [5.41, 5.74) is 0. The lowest BCUT2D eigenvalue weighted by molar-refractivity contribution is 0.200. The van der Waals surface area contributed by atoms with Gasteiger partial charge in [-0.1, -0.05) is 12.8 Å². The van der Waals surface area contributed by atoms with Crippen LogP contribution in [0.2, 0.25) is 0 Å². The molecule has 2 fully saturated rings. The maximum atomic E-state index is 3.72. The van der Waals surface area contributed by atoms with Crippen LogP contribution in [0.4, 0.5) is 0 Å². The molecule has 0 aromatic rings. The molecule has 2 aliphatic rings. The van der Waals surface area contributed by atoms with Crippen molar-refractivity contribution in [2.45, 2.75) is 57.5 Å². The summed E-state index contributed by atoms with van der Waals surface area (Å²) in [6.45, 7) is 2.36. The van der Waals surface area contributed by atoms with Gasteiger partial charge in [-0.15, -0.1) is 0 Å². The lowest BCUT2D eigenvalue weighted by atomic mass is 9.79. The topological polar surface area (TPSA) is 12.0 Å². The number of nitrogens with one attached hydrogen (secondary N) is 1. The fourth-order valence-electron chi connectivity index (χ4n) is 2.02. The summed E-state index contributed by atoms with van der Waals surface area (Å²) >= 11 is 0. The fraction of sp³-hybridized carbons (Fsp3) is 1.00. The largest absolute Gasteiger partial charge is 0.311 e. The van der Waals surface area contributed by atoms with Gasteiger partial charge in [-0.05, 0) is 38.5 Å². The lowest BCUT2D eigenvalue weighted by Crippen LogP contribution is -2.45. The average molecular weight is 153 g/mol. The molecule has 0 aliphatic heterocycles. The SMILES string of the molecule is CC(NC1CCC1)C1CCC1. The van der Waals surface area contributed by atoms with Gasteiger partial charge in [0.25, 0.3) is 0 Å². The van der Waals surface area contributed by atoms with Crippen LogP contribution >= 0.6 is 0 Å². The van der Waals surface area contributed by atoms with Crippen molar-refractivity contribution in [2.75, 3.05) is 0 Å². The lowest BCUT2D eigenvalue weighted by Gasteiger charge is -2.37. The molecule has 0 heterocycles. The molecule has 11 heavy (non-hydrogen) atoms. The molecule has 0 amide bonds. The Hall–Kier alpha value is -0.0400. The summed E-state index contributed by atoms with van der Waals surface area (Å²) in [4.78, 5) is 0. The number of rotatable bonds is 3. The maximum absolute atomic E-state index is 3.72. The van der Waals surface area contributed by atoms with Crippen LogP contribution in [-0.2, 0) is 0 Å². The van der Waals surface area contributed by atoms with Crippen LogP contribution in [0.1, 0.15) is 45.4 Å². The molecule has 0 bridgehead atoms. The van der Waals surface area contributed by atoms with E-state index in [-0.39, 0.29) is 0 Å². The zero-order valence-corrected chi connectivity index (χ0v) is 7.47. The van der Waals surface area contributed by atoms with Crippen molar-refractivity contribution >= 4 is 0 Å². The zero-order valence-electron chi connectivity index (χ0n) is 7.47. The van der Waals surface area contributed by atoms with Crippen LogP contribution in [0.5, 0.6) is 0 Å². The summed E-state index contributed by atoms with van der Waals surface area (Å²) in [6, 6.07) is 1.68. The van der Waals surface area contributed by atoms with E-state index in [1.165, 1.54) is 38.5 Å². The van der Waals surface area contributed by atoms with Crippen LogP contribution in [0.15, 0.2) is 0 Å². The third-order valence-electron chi connectivity index (χ3n) is 3.46. The molecular formula is C10H19N. The van der Waals surface area contributed by atoms with Crippen molar-refractivity contribution in [1.29, 1.82) is 0 Å². The van der Waals surface area contributed by atoms with E-state index in [2.05, 4.69) is 12.2 Å². The van der Waals surface area contributed by atoms with Gasteiger partial charge in [-0.25, -0.2) is 0 Å². The van der Waals surface area contributed by atoms with E-state index >= 15 is 0 Å². The first-order valence-electron chi connectivity index (χ1n) is 5.12. The van der Waals surface area contributed by atoms with Crippen molar-refractivity contribution in [3.8, 4) is 0 Å². The summed E-state index contributed by atoms with van der Waals surface area (Å²) < 4.78 is 0. The highest BCUT2D eigenvalue weighted by molar-refractivity contribution is 4.85. The molecule has 0 aromatic heterocycles. The zero-order chi connectivity index (χ0) is 7.68. The second-order valence-electron chi connectivity index (χ2n) is 4.27. The minimum atomic E-state index is 0.800. The van der Waals surface area contributed by atoms with Crippen molar-refractivity contribution in [3.63, 3.8) is 0 Å². The Balaban J connectivity index is 1.67. The first-order valence-corrected chi connectivity index (χ1v) is 5.12. The smallest absolute Gasteiger partial charge is 0.00696 e. The van der Waals surface area contributed by atoms with Crippen molar-refractivity contribution in [2.24, 2.45) is 5.92 Å². The van der Waals surface area contributed by atoms with Crippen molar-refractivity contribution in [3.05, 3.63) is 0 Å². The van der Waals surface area contributed by atoms with Crippen LogP contribution in [-0.4, -0.2) is 12.1 Å². The number of hydrogen-bond acceptors (Lipinski definition) is 1. The molecule has 0 radical (unpaired) electrons. The molecule has 1 heteroatoms. The van der Waals surface area contributed by atoms with E-state index in [9.17, 15) is 0 Å². The predicted octanol–water partition coefficient (Wildman–Crippen LogP) is 2.32. The van der Waals surface area contributed by atoms with E-state index in [0.717, 1.165) is 18.0 Å². The molecule has 0 spiro atoms. The number of hydrogen-bond donors (Lipinski definition) is 1. The van der Waals surface area contributed by atoms with Crippen LogP contribution in [0.25, 0.3) is 0 Å². The standard InChI is InChI=1S/C10H19N/c1-8(9-4-2-5-9)11-10-6-3-7-10/h8-11H,2-7H2,1H3. The van der Waals surface area contributed by atoms with Gasteiger partial charge < -0.3 is 5.32 Å². The Morgan fingerprint density at radius 2 is 1.73 bits per heavy atom. The Kier molecular flexibility index (Phi) is 2.17. The highest BCUT2D eigenvalue weighted by Gasteiger charge is 2.27. The van der Waals surface area contributed by atoms with Gasteiger partial charge in [0.2, 0.25) is 0 Å². The van der Waals surface area contributed by atoms with Crippen molar-refractivity contribution < 1.29 is 0 Å². The second kappa shape index (κ2) is 3.14. The third kappa shape index (κ3) is 1.58. The van der Waals surface area contributed by atoms with Gasteiger partial charge in [-0.2, -0.15) is 0 Å². The molecule has 1 atom stereocenters. The molecular weight excluding hydrogens is 134 g/mol. The van der Waals surface area contributed by atoms with Gasteiger partial charge in [0.1, 0.15) is 0 Å². The van der Waals surface area contributed by atoms with E-state index in [1.807, 2.05) is 0 Å². The predicted molar refractivity (Wildman–Crippen MR) is 47.6 cm³/mol. The fourth-order valence-corrected chi connectivity index (χ4v) is 2.02. The second-order valence-corrected chi connectivity index (χ2v) is 4.27. The summed E-state index contributed by atoms with van der Waals surface area (Å²) in [6.07, 6.45) is 8.73. The monoisotopic (exact) mass is 153 g/mol. The Labute approximate surface area is 69.6 Å². The minimum Gasteiger partial charge on any atom is -0.311 e. The normalized spacial score (nSPS) is 29.2. The first-order chi connectivity index (χ1) is 5.36. The highest BCUT2D eigenvalue weighted by atomic mass is 15.0. The molecule has 2 rings (SSSR count). The molecule has 2 aliphatic carbocycles. The molecule has 0 saturated heterocycles. The average Bonchev–Trinajstić information content (AvgIpc) is 1.74. The Morgan fingerprint density at radius 1 is 1.09 bits per heavy atom. The van der Waals surface area contributed by atoms with Gasteiger partial charge >= 0.3 is 0 Å². The van der Waals surface area contributed by atoms with Crippen LogP contribution < -0.4 is 5.32 Å². The van der Waals surface area contributed by atoms with E-state index in [0.29, 0.717) is 0 Å². The molecule has 1 nitrogen and oxygen atoms in total.